The topological polar surface area (TPSA) is 30.7 Å². The number of pyridine rings is 1. The summed E-state index contributed by atoms with van der Waals surface area (Å²) in [4.78, 5) is 10.4. The molecule has 0 amide bonds. The van der Waals surface area contributed by atoms with Gasteiger partial charge in [-0.15, -0.1) is 11.3 Å². The molecule has 0 bridgehead atoms. The summed E-state index contributed by atoms with van der Waals surface area (Å²) >= 11 is 1.83. The molecule has 21 rings (SSSR count). The Labute approximate surface area is 592 Å². The maximum absolute atomic E-state index is 5.21. The summed E-state index contributed by atoms with van der Waals surface area (Å²) in [7, 11) is 0. The lowest BCUT2D eigenvalue weighted by Gasteiger charge is -2.20. The molecule has 0 aliphatic heterocycles. The molecule has 0 N–H and O–H groups in total. The van der Waals surface area contributed by atoms with Gasteiger partial charge in [-0.25, -0.2) is 4.98 Å². The predicted octanol–water partition coefficient (Wildman–Crippen LogP) is 27.4. The van der Waals surface area contributed by atoms with E-state index in [-0.39, 0.29) is 0 Å². The Bertz CT molecular complexity index is 7060. The average Bonchev–Trinajstić information content (AvgIpc) is 0.943. The van der Waals surface area contributed by atoms with Crippen molar-refractivity contribution in [2.45, 2.75) is 0 Å². The highest BCUT2D eigenvalue weighted by atomic mass is 32.1. The van der Waals surface area contributed by atoms with Crippen molar-refractivity contribution in [3.63, 3.8) is 0 Å². The van der Waals surface area contributed by atoms with Crippen LogP contribution >= 0.6 is 11.3 Å². The fourth-order valence-electron chi connectivity index (χ4n) is 16.6. The van der Waals surface area contributed by atoms with Crippen LogP contribution in [-0.4, -0.2) is 14.5 Å². The van der Waals surface area contributed by atoms with Crippen molar-refractivity contribution in [3.05, 3.63) is 358 Å². The number of fused-ring (bicyclic) bond motifs is 12. The highest BCUT2D eigenvalue weighted by Gasteiger charge is 2.23. The van der Waals surface area contributed by atoms with Crippen LogP contribution in [0.5, 0.6) is 0 Å². The highest BCUT2D eigenvalue weighted by molar-refractivity contribution is 7.26. The normalized spacial score (nSPS) is 11.9. The van der Waals surface area contributed by atoms with Crippen LogP contribution in [0.1, 0.15) is 0 Å². The summed E-state index contributed by atoms with van der Waals surface area (Å²) in [6, 6.07) is 130. The fraction of sp³-hybridized carbons (Fsp3) is 0. The van der Waals surface area contributed by atoms with Gasteiger partial charge in [0.25, 0.3) is 0 Å². The summed E-state index contributed by atoms with van der Waals surface area (Å²) in [5.74, 6) is 0.917. The molecule has 18 aromatic carbocycles. The molecule has 21 aromatic rings. The molecule has 472 valence electrons. The van der Waals surface area contributed by atoms with Crippen molar-refractivity contribution in [2.75, 3.05) is 0 Å². The van der Waals surface area contributed by atoms with Gasteiger partial charge in [0.15, 0.2) is 0 Å². The van der Waals surface area contributed by atoms with E-state index in [0.717, 1.165) is 50.5 Å². The molecule has 0 saturated heterocycles. The van der Waals surface area contributed by atoms with Crippen LogP contribution in [0.4, 0.5) is 0 Å². The first-order chi connectivity index (χ1) is 50.5. The van der Waals surface area contributed by atoms with Crippen LogP contribution in [-0.2, 0) is 0 Å². The van der Waals surface area contributed by atoms with E-state index in [0.29, 0.717) is 0 Å². The predicted molar refractivity (Wildman–Crippen MR) is 435 cm³/mol. The molecule has 102 heavy (non-hydrogen) atoms. The molecular weight excluding hydrogens is 1250 g/mol. The van der Waals surface area contributed by atoms with Gasteiger partial charge in [0.2, 0.25) is 0 Å². The fourth-order valence-corrected chi connectivity index (χ4v) is 17.8. The summed E-state index contributed by atoms with van der Waals surface area (Å²) in [6.07, 6.45) is 1.98. The Hall–Kier alpha value is -13.1. The van der Waals surface area contributed by atoms with Gasteiger partial charge in [-0.05, 0) is 232 Å². The van der Waals surface area contributed by atoms with Gasteiger partial charge in [0.1, 0.15) is 5.82 Å². The van der Waals surface area contributed by atoms with Gasteiger partial charge in [-0.2, -0.15) is 0 Å². The van der Waals surface area contributed by atoms with Crippen LogP contribution < -0.4 is 0 Å². The number of imidazole rings is 1. The number of aromatic nitrogens is 3. The number of thiophene rings is 1. The summed E-state index contributed by atoms with van der Waals surface area (Å²) in [5, 5.41) is 21.9. The SMILES string of the molecule is c1ccc(-n2c(-c3ccc(-c4ccc5c(-c6ccc7ccccc7c6)c6ccccc6c(-c6ccc7cc(-c8cccc9cc(-c%10c%11ccccc%11c(-c%11ccc%12ccccc%12c%11)c%11cc(-c%12nccc%13c%12sc%12ccccc%12%13)ccc%10%11)ccc89)ccc7c6)c5c4)cc3)nc3ccccc32)cc1. The Morgan fingerprint density at radius 3 is 1.32 bits per heavy atom. The molecule has 0 aliphatic rings. The van der Waals surface area contributed by atoms with E-state index in [2.05, 4.69) is 356 Å². The lowest BCUT2D eigenvalue weighted by atomic mass is 9.84. The van der Waals surface area contributed by atoms with Crippen LogP contribution in [0.3, 0.4) is 0 Å². The molecule has 3 aromatic heterocycles. The number of hydrogen-bond acceptors (Lipinski definition) is 3. The molecule has 0 unspecified atom stereocenters. The number of nitrogens with zero attached hydrogens (tertiary/aromatic N) is 3. The molecule has 3 nitrogen and oxygen atoms in total. The van der Waals surface area contributed by atoms with Crippen LogP contribution in [0.2, 0.25) is 0 Å². The second-order valence-corrected chi connectivity index (χ2v) is 28.1. The molecule has 0 radical (unpaired) electrons. The molecule has 0 spiro atoms. The highest BCUT2D eigenvalue weighted by Crippen LogP contribution is 2.50. The summed E-state index contributed by atoms with van der Waals surface area (Å²) in [5.41, 5.74) is 20.7. The Balaban J connectivity index is 0.684. The maximum atomic E-state index is 5.21. The monoisotopic (exact) mass is 1310 g/mol. The lowest BCUT2D eigenvalue weighted by molar-refractivity contribution is 1.10. The largest absolute Gasteiger partial charge is 0.292 e. The van der Waals surface area contributed by atoms with Crippen molar-refractivity contribution < 1.29 is 0 Å². The van der Waals surface area contributed by atoms with Crippen LogP contribution in [0, 0.1) is 0 Å². The molecule has 0 aliphatic carbocycles. The van der Waals surface area contributed by atoms with E-state index in [4.69, 9.17) is 9.97 Å². The first kappa shape index (κ1) is 57.9. The minimum absolute atomic E-state index is 0.917. The zero-order valence-corrected chi connectivity index (χ0v) is 56.1. The maximum Gasteiger partial charge on any atom is 0.145 e. The third kappa shape index (κ3) is 9.34. The standard InChI is InChI=1S/C98H59N3S/c1-2-22-76(23-3-1)101-90-31-14-13-30-89(90)100-98(101)63-37-33-62(34-38-63)68-45-49-84-87(58-68)94(82-27-10-8-25-80(82)92(84)71-42-35-60-17-4-6-19-64(60)54-71)73-44-40-66-53-70(41-39-67(66)56-73)77-29-16-21-69-57-74(46-48-78(69)77)93-81-26-9-11-28-83(81)95(72-43-36-61-18-5-7-20-65(61)55-72)88-59-75(47-50-85(88)93)96-97-86(51-52-99-96)79-24-12-15-32-91(79)102-97/h1-59H. The van der Waals surface area contributed by atoms with Gasteiger partial charge >= 0.3 is 0 Å². The molecular formula is C98H59N3S. The van der Waals surface area contributed by atoms with Crippen LogP contribution in [0.25, 0.3) is 212 Å². The quantitative estimate of drug-likeness (QED) is 0.135. The van der Waals surface area contributed by atoms with Gasteiger partial charge in [0, 0.05) is 38.5 Å². The zero-order valence-electron chi connectivity index (χ0n) is 55.3. The zero-order chi connectivity index (χ0) is 66.9. The van der Waals surface area contributed by atoms with Gasteiger partial charge in [-0.1, -0.05) is 273 Å². The van der Waals surface area contributed by atoms with Crippen molar-refractivity contribution in [1.82, 2.24) is 14.5 Å². The second kappa shape index (κ2) is 23.3. The first-order valence-electron chi connectivity index (χ1n) is 35.0. The number of benzene rings is 18. The third-order valence-electron chi connectivity index (χ3n) is 21.4. The Kier molecular flexibility index (Phi) is 13.2. The second-order valence-electron chi connectivity index (χ2n) is 27.1. The third-order valence-corrected chi connectivity index (χ3v) is 22.5. The van der Waals surface area contributed by atoms with E-state index in [1.165, 1.54) is 162 Å². The van der Waals surface area contributed by atoms with Crippen LogP contribution in [0.15, 0.2) is 358 Å². The van der Waals surface area contributed by atoms with E-state index in [1.54, 1.807) is 0 Å². The van der Waals surface area contributed by atoms with Crippen molar-refractivity contribution in [3.8, 4) is 95.1 Å². The average molecular weight is 1310 g/mol. The molecule has 0 saturated carbocycles. The molecule has 3 heterocycles. The molecule has 0 fully saturated rings. The number of rotatable bonds is 9. The van der Waals surface area contributed by atoms with E-state index in [1.807, 2.05) is 17.5 Å². The van der Waals surface area contributed by atoms with Crippen molar-refractivity contribution in [1.29, 1.82) is 0 Å². The van der Waals surface area contributed by atoms with E-state index < -0.39 is 0 Å². The Morgan fingerprint density at radius 1 is 0.245 bits per heavy atom. The number of hydrogen-bond donors (Lipinski definition) is 0. The van der Waals surface area contributed by atoms with Crippen molar-refractivity contribution in [2.24, 2.45) is 0 Å². The minimum Gasteiger partial charge on any atom is -0.292 e. The van der Waals surface area contributed by atoms with Gasteiger partial charge < -0.3 is 0 Å². The lowest BCUT2D eigenvalue weighted by Crippen LogP contribution is -1.97. The molecule has 4 heteroatoms. The van der Waals surface area contributed by atoms with Gasteiger partial charge in [0.05, 0.1) is 21.4 Å². The smallest absolute Gasteiger partial charge is 0.145 e. The molecule has 0 atom stereocenters. The van der Waals surface area contributed by atoms with Crippen molar-refractivity contribution >= 4 is 129 Å². The number of para-hydroxylation sites is 3. The Morgan fingerprint density at radius 2 is 0.676 bits per heavy atom. The summed E-state index contributed by atoms with van der Waals surface area (Å²) < 4.78 is 4.75. The first-order valence-corrected chi connectivity index (χ1v) is 35.8. The minimum atomic E-state index is 0.917. The van der Waals surface area contributed by atoms with E-state index in [9.17, 15) is 0 Å². The van der Waals surface area contributed by atoms with Gasteiger partial charge in [-0.3, -0.25) is 9.55 Å². The summed E-state index contributed by atoms with van der Waals surface area (Å²) in [6.45, 7) is 0. The van der Waals surface area contributed by atoms with E-state index >= 15 is 0 Å².